The van der Waals surface area contributed by atoms with Crippen LogP contribution >= 0.6 is 0 Å². The van der Waals surface area contributed by atoms with Crippen molar-refractivity contribution in [3.05, 3.63) is 35.9 Å². The number of halogens is 1. The lowest BCUT2D eigenvalue weighted by Gasteiger charge is -2.09. The van der Waals surface area contributed by atoms with Gasteiger partial charge in [0.25, 0.3) is 0 Å². The maximum atomic E-state index is 11.8. The van der Waals surface area contributed by atoms with Gasteiger partial charge in [-0.2, -0.15) is 0 Å². The van der Waals surface area contributed by atoms with Crippen molar-refractivity contribution in [2.24, 2.45) is 0 Å². The number of nitrogens with one attached hydrogen (secondary N) is 1. The standard InChI is InChI=1S/C28H48FNO11/c29-6-8-32-10-12-34-14-16-36-18-20-38-22-24-40-25-23-39-21-19-37-17-15-35-13-11-33-9-7-30-28(31)41-26-27-4-2-1-3-5-27/h1-5H,6-26H2,(H,30,31). The average molecular weight is 594 g/mol. The molecule has 0 unspecified atom stereocenters. The fourth-order valence-electron chi connectivity index (χ4n) is 2.92. The van der Waals surface area contributed by atoms with E-state index in [4.69, 9.17) is 47.4 Å². The number of carbonyl (C=O) groups is 1. The Labute approximate surface area is 242 Å². The molecule has 238 valence electrons. The Morgan fingerprint density at radius 2 is 0.854 bits per heavy atom. The maximum absolute atomic E-state index is 11.8. The Kier molecular flexibility index (Phi) is 28.0. The largest absolute Gasteiger partial charge is 0.445 e. The van der Waals surface area contributed by atoms with Crippen LogP contribution in [0.2, 0.25) is 0 Å². The number of amides is 1. The molecule has 1 aromatic carbocycles. The number of alkyl halides is 1. The lowest BCUT2D eigenvalue weighted by atomic mass is 10.2. The molecule has 13 heteroatoms. The molecule has 0 atom stereocenters. The van der Waals surface area contributed by atoms with Crippen molar-refractivity contribution in [3.63, 3.8) is 0 Å². The Hall–Kier alpha value is -1.94. The van der Waals surface area contributed by atoms with Gasteiger partial charge in [0.1, 0.15) is 13.3 Å². The third-order valence-electron chi connectivity index (χ3n) is 4.93. The molecule has 0 saturated heterocycles. The van der Waals surface area contributed by atoms with E-state index in [-0.39, 0.29) is 13.2 Å². The highest BCUT2D eigenvalue weighted by atomic mass is 19.1. The van der Waals surface area contributed by atoms with Crippen LogP contribution in [0.1, 0.15) is 5.56 Å². The minimum Gasteiger partial charge on any atom is -0.445 e. The number of rotatable bonds is 31. The van der Waals surface area contributed by atoms with E-state index in [1.165, 1.54) is 0 Å². The first-order valence-electron chi connectivity index (χ1n) is 14.0. The summed E-state index contributed by atoms with van der Waals surface area (Å²) in [6, 6.07) is 9.49. The van der Waals surface area contributed by atoms with Gasteiger partial charge >= 0.3 is 6.09 Å². The number of carbonyl (C=O) groups excluding carboxylic acids is 1. The van der Waals surface area contributed by atoms with Gasteiger partial charge in [0.2, 0.25) is 0 Å². The number of ether oxygens (including phenoxy) is 10. The summed E-state index contributed by atoms with van der Waals surface area (Å²) in [4.78, 5) is 11.6. The molecule has 1 N–H and O–H groups in total. The number of hydrogen-bond donors (Lipinski definition) is 1. The molecule has 1 aromatic rings. The summed E-state index contributed by atoms with van der Waals surface area (Å²) in [5.41, 5.74) is 0.936. The predicted molar refractivity (Wildman–Crippen MR) is 148 cm³/mol. The molecule has 0 aliphatic carbocycles. The topological polar surface area (TPSA) is 121 Å². The molecule has 0 spiro atoms. The number of hydrogen-bond acceptors (Lipinski definition) is 11. The molecule has 0 fully saturated rings. The summed E-state index contributed by atoms with van der Waals surface area (Å²) >= 11 is 0. The summed E-state index contributed by atoms with van der Waals surface area (Å²) in [5.74, 6) is 0. The summed E-state index contributed by atoms with van der Waals surface area (Å²) in [6.45, 7) is 8.06. The van der Waals surface area contributed by atoms with Crippen LogP contribution in [0.5, 0.6) is 0 Å². The van der Waals surface area contributed by atoms with Crippen LogP contribution in [0.3, 0.4) is 0 Å². The quantitative estimate of drug-likeness (QED) is 0.127. The van der Waals surface area contributed by atoms with Gasteiger partial charge in [0.15, 0.2) is 0 Å². The van der Waals surface area contributed by atoms with E-state index in [0.717, 1.165) is 5.56 Å². The van der Waals surface area contributed by atoms with E-state index in [2.05, 4.69) is 5.32 Å². The molecule has 0 aliphatic heterocycles. The van der Waals surface area contributed by atoms with E-state index in [9.17, 15) is 9.18 Å². The number of benzene rings is 1. The molecule has 41 heavy (non-hydrogen) atoms. The molecule has 0 saturated carbocycles. The van der Waals surface area contributed by atoms with Crippen molar-refractivity contribution >= 4 is 6.09 Å². The maximum Gasteiger partial charge on any atom is 0.407 e. The molecule has 1 rings (SSSR count). The first-order valence-corrected chi connectivity index (χ1v) is 14.0. The Balaban J connectivity index is 1.65. The highest BCUT2D eigenvalue weighted by Crippen LogP contribution is 2.00. The molecular formula is C28H48FNO11. The summed E-state index contributed by atoms with van der Waals surface area (Å²) in [7, 11) is 0. The second-order valence-corrected chi connectivity index (χ2v) is 8.19. The highest BCUT2D eigenvalue weighted by Gasteiger charge is 2.02. The van der Waals surface area contributed by atoms with E-state index in [1.807, 2.05) is 30.3 Å². The van der Waals surface area contributed by atoms with Crippen molar-refractivity contribution in [3.8, 4) is 0 Å². The molecule has 1 amide bonds. The third kappa shape index (κ3) is 28.0. The molecule has 0 heterocycles. The molecule has 0 bridgehead atoms. The van der Waals surface area contributed by atoms with Crippen molar-refractivity contribution in [1.82, 2.24) is 5.32 Å². The minimum absolute atomic E-state index is 0.110. The van der Waals surface area contributed by atoms with Crippen LogP contribution < -0.4 is 5.32 Å². The normalized spacial score (nSPS) is 11.1. The molecule has 0 aromatic heterocycles. The molecule has 0 aliphatic rings. The van der Waals surface area contributed by atoms with Gasteiger partial charge < -0.3 is 52.7 Å². The van der Waals surface area contributed by atoms with Crippen LogP contribution in [-0.2, 0) is 54.0 Å². The van der Waals surface area contributed by atoms with Crippen LogP contribution in [0.4, 0.5) is 9.18 Å². The Morgan fingerprint density at radius 3 is 1.22 bits per heavy atom. The van der Waals surface area contributed by atoms with Gasteiger partial charge in [-0.3, -0.25) is 0 Å². The smallest absolute Gasteiger partial charge is 0.407 e. The second-order valence-electron chi connectivity index (χ2n) is 8.19. The van der Waals surface area contributed by atoms with Crippen LogP contribution in [0, 0.1) is 0 Å². The van der Waals surface area contributed by atoms with Gasteiger partial charge in [0, 0.05) is 6.54 Å². The zero-order valence-corrected chi connectivity index (χ0v) is 24.1. The van der Waals surface area contributed by atoms with Gasteiger partial charge in [-0.15, -0.1) is 0 Å². The average Bonchev–Trinajstić information content (AvgIpc) is 2.99. The predicted octanol–water partition coefficient (Wildman–Crippen LogP) is 2.03. The number of alkyl carbamates (subject to hydrolysis) is 1. The Morgan fingerprint density at radius 1 is 0.512 bits per heavy atom. The van der Waals surface area contributed by atoms with E-state index in [1.54, 1.807) is 0 Å². The van der Waals surface area contributed by atoms with Crippen molar-refractivity contribution in [1.29, 1.82) is 0 Å². The van der Waals surface area contributed by atoms with Crippen molar-refractivity contribution < 1.29 is 56.6 Å². The molecule has 0 radical (unpaired) electrons. The van der Waals surface area contributed by atoms with E-state index < -0.39 is 12.8 Å². The fraction of sp³-hybridized carbons (Fsp3) is 0.750. The molecule has 12 nitrogen and oxygen atoms in total. The lowest BCUT2D eigenvalue weighted by molar-refractivity contribution is -0.0251. The van der Waals surface area contributed by atoms with Gasteiger partial charge in [-0.25, -0.2) is 9.18 Å². The first-order chi connectivity index (χ1) is 20.3. The van der Waals surface area contributed by atoms with Crippen LogP contribution in [0.25, 0.3) is 0 Å². The van der Waals surface area contributed by atoms with E-state index >= 15 is 0 Å². The second kappa shape index (κ2) is 31.0. The van der Waals surface area contributed by atoms with Crippen LogP contribution in [0.15, 0.2) is 30.3 Å². The summed E-state index contributed by atoms with van der Waals surface area (Å²) < 4.78 is 65.1. The molecular weight excluding hydrogens is 545 g/mol. The van der Waals surface area contributed by atoms with Crippen LogP contribution in [-0.4, -0.2) is 138 Å². The minimum atomic E-state index is -0.478. The SMILES string of the molecule is O=C(NCCOCCOCCOCCOCCOCCOCCOCCOCCOCCF)OCc1ccccc1. The zero-order valence-electron chi connectivity index (χ0n) is 24.1. The fourth-order valence-corrected chi connectivity index (χ4v) is 2.92. The van der Waals surface area contributed by atoms with Gasteiger partial charge in [-0.05, 0) is 5.56 Å². The monoisotopic (exact) mass is 593 g/mol. The summed E-state index contributed by atoms with van der Waals surface area (Å²) in [5, 5.41) is 2.63. The zero-order chi connectivity index (χ0) is 29.3. The highest BCUT2D eigenvalue weighted by molar-refractivity contribution is 5.67. The van der Waals surface area contributed by atoms with Gasteiger partial charge in [0.05, 0.1) is 119 Å². The lowest BCUT2D eigenvalue weighted by Crippen LogP contribution is -2.28. The summed E-state index contributed by atoms with van der Waals surface area (Å²) in [6.07, 6.45) is -0.471. The Bertz CT molecular complexity index is 676. The third-order valence-corrected chi connectivity index (χ3v) is 4.93. The first kappa shape index (κ1) is 37.1. The van der Waals surface area contributed by atoms with Crippen molar-refractivity contribution in [2.75, 3.05) is 132 Å². The van der Waals surface area contributed by atoms with E-state index in [0.29, 0.717) is 119 Å². The van der Waals surface area contributed by atoms with Crippen molar-refractivity contribution in [2.45, 2.75) is 6.61 Å². The van der Waals surface area contributed by atoms with Gasteiger partial charge in [-0.1, -0.05) is 30.3 Å².